The van der Waals surface area contributed by atoms with Gasteiger partial charge in [0, 0.05) is 47.8 Å². The molecular weight excluding hydrogens is 602 g/mol. The maximum absolute atomic E-state index is 12.9. The molecule has 12 nitrogen and oxygen atoms in total. The third-order valence-electron chi connectivity index (χ3n) is 10.4. The van der Waals surface area contributed by atoms with Gasteiger partial charge in [-0.2, -0.15) is 15.2 Å². The summed E-state index contributed by atoms with van der Waals surface area (Å²) >= 11 is 1.47. The SMILES string of the molecule is C=C(C)C(=O)N1CCN(c2cc(O[C@@H](C)[C@@H]3CCCN3C)nc(-c3noc([C@@]4(C)CCCc5sc(N)c(C#N)c54)n3)n2)CC12CC2. The van der Waals surface area contributed by atoms with Crippen LogP contribution in [0.3, 0.4) is 0 Å². The van der Waals surface area contributed by atoms with Crippen molar-refractivity contribution in [2.75, 3.05) is 43.9 Å². The fourth-order valence-electron chi connectivity index (χ4n) is 7.67. The van der Waals surface area contributed by atoms with Crippen molar-refractivity contribution < 1.29 is 14.1 Å². The molecule has 3 aromatic heterocycles. The zero-order valence-corrected chi connectivity index (χ0v) is 27.8. The first-order valence-corrected chi connectivity index (χ1v) is 17.0. The predicted molar refractivity (Wildman–Crippen MR) is 175 cm³/mol. The van der Waals surface area contributed by atoms with E-state index < -0.39 is 5.41 Å². The summed E-state index contributed by atoms with van der Waals surface area (Å²) in [6.45, 7) is 12.7. The van der Waals surface area contributed by atoms with E-state index in [1.165, 1.54) is 11.3 Å². The van der Waals surface area contributed by atoms with E-state index in [0.717, 1.165) is 61.9 Å². The third kappa shape index (κ3) is 5.11. The zero-order valence-electron chi connectivity index (χ0n) is 27.0. The van der Waals surface area contributed by atoms with E-state index in [-0.39, 0.29) is 29.4 Å². The summed E-state index contributed by atoms with van der Waals surface area (Å²) in [6, 6.07) is 4.49. The quantitative estimate of drug-likeness (QED) is 0.367. The van der Waals surface area contributed by atoms with Crippen molar-refractivity contribution in [1.82, 2.24) is 29.9 Å². The first-order valence-electron chi connectivity index (χ1n) is 16.2. The lowest BCUT2D eigenvalue weighted by Crippen LogP contribution is -2.57. The van der Waals surface area contributed by atoms with Gasteiger partial charge in [-0.1, -0.05) is 11.7 Å². The van der Waals surface area contributed by atoms with Gasteiger partial charge >= 0.3 is 0 Å². The number of anilines is 2. The molecule has 0 unspecified atom stereocenters. The van der Waals surface area contributed by atoms with Crippen LogP contribution in [-0.4, -0.2) is 86.7 Å². The van der Waals surface area contributed by atoms with Crippen molar-refractivity contribution in [2.45, 2.75) is 88.8 Å². The number of thiophene rings is 1. The molecule has 3 atom stereocenters. The molecule has 1 amide bonds. The summed E-state index contributed by atoms with van der Waals surface area (Å²) in [5.74, 6) is 2.16. The number of carbonyl (C=O) groups excluding carboxylic acids is 1. The van der Waals surface area contributed by atoms with Crippen LogP contribution >= 0.6 is 11.3 Å². The molecule has 242 valence electrons. The van der Waals surface area contributed by atoms with Gasteiger partial charge in [0.05, 0.1) is 16.5 Å². The molecule has 0 bridgehead atoms. The lowest BCUT2D eigenvalue weighted by molar-refractivity contribution is -0.130. The molecule has 2 saturated heterocycles. The van der Waals surface area contributed by atoms with Gasteiger partial charge in [0.25, 0.3) is 0 Å². The number of hydrogen-bond donors (Lipinski definition) is 1. The number of likely N-dealkylation sites (tertiary alicyclic amines) is 1. The van der Waals surface area contributed by atoms with E-state index in [1.807, 2.05) is 17.9 Å². The lowest BCUT2D eigenvalue weighted by Gasteiger charge is -2.43. The summed E-state index contributed by atoms with van der Waals surface area (Å²) in [5.41, 5.74) is 7.34. The van der Waals surface area contributed by atoms with Crippen LogP contribution in [0.5, 0.6) is 5.88 Å². The normalized spacial score (nSPS) is 24.5. The summed E-state index contributed by atoms with van der Waals surface area (Å²) in [4.78, 5) is 35.2. The maximum atomic E-state index is 12.9. The number of rotatable bonds is 7. The van der Waals surface area contributed by atoms with Crippen LogP contribution in [0, 0.1) is 11.3 Å². The Bertz CT molecular complexity index is 1740. The second kappa shape index (κ2) is 11.3. The Morgan fingerprint density at radius 2 is 2.02 bits per heavy atom. The highest BCUT2D eigenvalue weighted by Crippen LogP contribution is 2.49. The standard InChI is InChI=1S/C33H41N9O3S/c1-19(2)30(43)42-15-14-41(18-33(42)11-12-33)24-16-25(44-20(3)22-8-7-13-40(22)5)37-28(36-24)29-38-31(45-39-29)32(4)10-6-9-23-26(32)21(17-34)27(35)46-23/h16,20,22H,1,6-15,18,35H2,2-5H3/t20-,22-,32-/m0/s1. The average Bonchev–Trinajstić information content (AvgIpc) is 3.37. The molecule has 4 aliphatic rings. The number of fused-ring (bicyclic) bond motifs is 1. The Balaban J connectivity index is 1.24. The number of nitrogens with two attached hydrogens (primary N) is 1. The number of piperazine rings is 1. The Kier molecular flexibility index (Phi) is 7.55. The monoisotopic (exact) mass is 643 g/mol. The maximum Gasteiger partial charge on any atom is 0.249 e. The molecule has 13 heteroatoms. The van der Waals surface area contributed by atoms with Crippen LogP contribution in [0.1, 0.15) is 81.2 Å². The predicted octanol–water partition coefficient (Wildman–Crippen LogP) is 4.30. The van der Waals surface area contributed by atoms with Gasteiger partial charge < -0.3 is 24.8 Å². The van der Waals surface area contributed by atoms with Gasteiger partial charge in [0.1, 0.15) is 23.0 Å². The van der Waals surface area contributed by atoms with Crippen molar-refractivity contribution in [1.29, 1.82) is 5.26 Å². The van der Waals surface area contributed by atoms with Crippen LogP contribution in [-0.2, 0) is 16.6 Å². The Labute approximate surface area is 273 Å². The number of aromatic nitrogens is 4. The molecule has 1 saturated carbocycles. The number of carbonyl (C=O) groups is 1. The van der Waals surface area contributed by atoms with Crippen LogP contribution in [0.15, 0.2) is 22.7 Å². The Hall–Kier alpha value is -4.02. The molecule has 2 aliphatic carbocycles. The van der Waals surface area contributed by atoms with E-state index in [9.17, 15) is 10.1 Å². The second-order valence-electron chi connectivity index (χ2n) is 13.6. The lowest BCUT2D eigenvalue weighted by atomic mass is 9.72. The van der Waals surface area contributed by atoms with E-state index in [2.05, 4.69) is 41.6 Å². The molecular formula is C33H41N9O3S. The van der Waals surface area contributed by atoms with Gasteiger partial charge in [-0.05, 0) is 79.3 Å². The summed E-state index contributed by atoms with van der Waals surface area (Å²) in [7, 11) is 2.13. The highest BCUT2D eigenvalue weighted by atomic mass is 32.1. The van der Waals surface area contributed by atoms with Crippen LogP contribution in [0.4, 0.5) is 10.8 Å². The number of aryl methyl sites for hydroxylation is 1. The molecule has 46 heavy (non-hydrogen) atoms. The summed E-state index contributed by atoms with van der Waals surface area (Å²) in [6.07, 6.45) is 6.56. The van der Waals surface area contributed by atoms with Crippen LogP contribution in [0.25, 0.3) is 11.6 Å². The van der Waals surface area contributed by atoms with Gasteiger partial charge in [0.15, 0.2) is 0 Å². The van der Waals surface area contributed by atoms with Gasteiger partial charge in [0.2, 0.25) is 29.3 Å². The third-order valence-corrected chi connectivity index (χ3v) is 11.5. The van der Waals surface area contributed by atoms with Gasteiger partial charge in [-0.3, -0.25) is 9.69 Å². The van der Waals surface area contributed by atoms with Gasteiger partial charge in [-0.25, -0.2) is 4.98 Å². The van der Waals surface area contributed by atoms with E-state index in [0.29, 0.717) is 59.2 Å². The van der Waals surface area contributed by atoms with Crippen molar-refractivity contribution in [3.05, 3.63) is 40.1 Å². The summed E-state index contributed by atoms with van der Waals surface area (Å²) < 4.78 is 12.4. The van der Waals surface area contributed by atoms with Crippen molar-refractivity contribution >= 4 is 28.1 Å². The fourth-order valence-corrected chi connectivity index (χ4v) is 8.86. The number of ether oxygens (including phenoxy) is 1. The highest BCUT2D eigenvalue weighted by Gasteiger charge is 2.53. The van der Waals surface area contributed by atoms with Crippen LogP contribution in [0.2, 0.25) is 0 Å². The Morgan fingerprint density at radius 1 is 1.22 bits per heavy atom. The first-order chi connectivity index (χ1) is 22.0. The average molecular weight is 644 g/mol. The number of nitrogens with zero attached hydrogens (tertiary/aromatic N) is 8. The molecule has 3 fully saturated rings. The summed E-state index contributed by atoms with van der Waals surface area (Å²) in [5, 5.41) is 14.8. The van der Waals surface area contributed by atoms with Crippen molar-refractivity contribution in [3.63, 3.8) is 0 Å². The molecule has 3 aromatic rings. The topological polar surface area (TPSA) is 151 Å². The zero-order chi connectivity index (χ0) is 32.4. The molecule has 5 heterocycles. The minimum absolute atomic E-state index is 0.0182. The number of amides is 1. The molecule has 0 radical (unpaired) electrons. The number of hydrogen-bond acceptors (Lipinski definition) is 12. The molecule has 1 spiro atoms. The van der Waals surface area contributed by atoms with Crippen molar-refractivity contribution in [3.8, 4) is 23.6 Å². The van der Waals surface area contributed by atoms with Crippen LogP contribution < -0.4 is 15.4 Å². The second-order valence-corrected chi connectivity index (χ2v) is 14.8. The molecule has 2 N–H and O–H groups in total. The smallest absolute Gasteiger partial charge is 0.249 e. The van der Waals surface area contributed by atoms with Gasteiger partial charge in [-0.15, -0.1) is 11.3 Å². The first kappa shape index (κ1) is 30.6. The highest BCUT2D eigenvalue weighted by molar-refractivity contribution is 7.16. The molecule has 2 aliphatic heterocycles. The Morgan fingerprint density at radius 3 is 2.72 bits per heavy atom. The largest absolute Gasteiger partial charge is 0.473 e. The van der Waals surface area contributed by atoms with E-state index >= 15 is 0 Å². The number of likely N-dealkylation sites (N-methyl/N-ethyl adjacent to an activating group) is 1. The minimum Gasteiger partial charge on any atom is -0.473 e. The number of nitrogen functional groups attached to an aromatic ring is 1. The number of nitriles is 1. The fraction of sp³-hybridized carbons (Fsp3) is 0.576. The van der Waals surface area contributed by atoms with E-state index in [1.54, 1.807) is 6.92 Å². The molecule has 0 aromatic carbocycles. The minimum atomic E-state index is -0.652. The molecule has 7 rings (SSSR count). The van der Waals surface area contributed by atoms with E-state index in [4.69, 9.17) is 29.9 Å². The van der Waals surface area contributed by atoms with Crippen molar-refractivity contribution in [2.24, 2.45) is 0 Å².